The van der Waals surface area contributed by atoms with Crippen LogP contribution in [0.2, 0.25) is 0 Å². The van der Waals surface area contributed by atoms with Gasteiger partial charge in [-0.3, -0.25) is 9.59 Å². The van der Waals surface area contributed by atoms with Crippen molar-refractivity contribution in [3.63, 3.8) is 0 Å². The van der Waals surface area contributed by atoms with Gasteiger partial charge in [-0.05, 0) is 25.8 Å². The highest BCUT2D eigenvalue weighted by Gasteiger charge is 2.19. The van der Waals surface area contributed by atoms with E-state index in [2.05, 4.69) is 15.5 Å². The zero-order chi connectivity index (χ0) is 14.3. The van der Waals surface area contributed by atoms with Crippen molar-refractivity contribution in [2.24, 2.45) is 11.5 Å². The van der Waals surface area contributed by atoms with E-state index in [1.54, 1.807) is 0 Å². The highest BCUT2D eigenvalue weighted by molar-refractivity contribution is 5.75. The molecule has 0 aliphatic rings. The number of hydrogen-bond donors (Lipinski definition) is 3. The molecule has 1 atom stereocenters. The summed E-state index contributed by atoms with van der Waals surface area (Å²) in [5.74, 6) is -0.304. The molecule has 0 unspecified atom stereocenters. The number of carbonyl (C=O) groups is 2. The van der Waals surface area contributed by atoms with E-state index >= 15 is 0 Å². The van der Waals surface area contributed by atoms with Gasteiger partial charge in [0.05, 0.1) is 0 Å². The highest BCUT2D eigenvalue weighted by Crippen LogP contribution is 2.18. The van der Waals surface area contributed by atoms with Crippen LogP contribution in [-0.2, 0) is 16.0 Å². The van der Waals surface area contributed by atoms with E-state index in [0.717, 1.165) is 12.8 Å². The normalized spacial score (nSPS) is 12.1. The van der Waals surface area contributed by atoms with Gasteiger partial charge in [-0.2, -0.15) is 0 Å². The molecule has 2 amide bonds. The molecule has 0 bridgehead atoms. The number of carbonyl (C=O) groups excluding carboxylic acids is 2. The van der Waals surface area contributed by atoms with Gasteiger partial charge in [0.1, 0.15) is 12.5 Å². The first kappa shape index (κ1) is 15.1. The van der Waals surface area contributed by atoms with E-state index in [1.165, 1.54) is 6.92 Å². The van der Waals surface area contributed by atoms with Crippen LogP contribution < -0.4 is 16.8 Å². The van der Waals surface area contributed by atoms with Gasteiger partial charge in [-0.25, -0.2) is 0 Å². The molecule has 1 aromatic heterocycles. The molecule has 5 N–H and O–H groups in total. The molecule has 0 aliphatic carbocycles. The lowest BCUT2D eigenvalue weighted by Gasteiger charge is -2.13. The molecule has 1 heterocycles. The van der Waals surface area contributed by atoms with Crippen LogP contribution in [0, 0.1) is 0 Å². The fourth-order valence-electron chi connectivity index (χ4n) is 1.62. The highest BCUT2D eigenvalue weighted by atomic mass is 16.4. The maximum Gasteiger partial charge on any atom is 0.238 e. The number of unbranched alkanes of at least 4 members (excludes halogenated alkanes) is 1. The van der Waals surface area contributed by atoms with Crippen LogP contribution in [-0.4, -0.2) is 28.6 Å². The summed E-state index contributed by atoms with van der Waals surface area (Å²) in [6.07, 6.45) is 2.21. The fraction of sp³-hybridized carbons (Fsp3) is 0.636. The third-order valence-electron chi connectivity index (χ3n) is 2.43. The number of aromatic nitrogens is 2. The van der Waals surface area contributed by atoms with Gasteiger partial charge in [-0.15, -0.1) is 10.2 Å². The van der Waals surface area contributed by atoms with Crippen LogP contribution in [0.3, 0.4) is 0 Å². The van der Waals surface area contributed by atoms with Crippen molar-refractivity contribution in [3.05, 3.63) is 11.8 Å². The Bertz CT molecular complexity index is 432. The van der Waals surface area contributed by atoms with Gasteiger partial charge in [0.2, 0.25) is 23.6 Å². The Labute approximate surface area is 110 Å². The number of rotatable bonds is 8. The van der Waals surface area contributed by atoms with Crippen molar-refractivity contribution in [2.75, 3.05) is 6.54 Å². The zero-order valence-electron chi connectivity index (χ0n) is 10.9. The molecule has 0 aliphatic heterocycles. The second kappa shape index (κ2) is 7.47. The van der Waals surface area contributed by atoms with E-state index in [9.17, 15) is 9.59 Å². The number of nitrogens with two attached hydrogens (primary N) is 2. The Morgan fingerprint density at radius 1 is 1.37 bits per heavy atom. The van der Waals surface area contributed by atoms with Crippen LogP contribution in [0.4, 0.5) is 0 Å². The second-order valence-electron chi connectivity index (χ2n) is 4.21. The van der Waals surface area contributed by atoms with Crippen LogP contribution >= 0.6 is 0 Å². The Hall–Kier alpha value is -1.96. The Kier molecular flexibility index (Phi) is 5.94. The number of hydrogen-bond acceptors (Lipinski definition) is 6. The molecule has 19 heavy (non-hydrogen) atoms. The van der Waals surface area contributed by atoms with Crippen molar-refractivity contribution in [3.8, 4) is 0 Å². The van der Waals surface area contributed by atoms with Crippen molar-refractivity contribution in [1.29, 1.82) is 0 Å². The number of amides is 2. The van der Waals surface area contributed by atoms with Crippen molar-refractivity contribution >= 4 is 11.8 Å². The molecule has 0 saturated heterocycles. The first-order valence-electron chi connectivity index (χ1n) is 6.10. The summed E-state index contributed by atoms with van der Waals surface area (Å²) in [6.45, 7) is 2.00. The first-order chi connectivity index (χ1) is 9.02. The summed E-state index contributed by atoms with van der Waals surface area (Å²) in [7, 11) is 0. The molecule has 8 heteroatoms. The third kappa shape index (κ3) is 5.47. The molecule has 8 nitrogen and oxygen atoms in total. The quantitative estimate of drug-likeness (QED) is 0.539. The Morgan fingerprint density at radius 2 is 2.11 bits per heavy atom. The molecule has 0 radical (unpaired) electrons. The van der Waals surface area contributed by atoms with E-state index < -0.39 is 5.91 Å². The lowest BCUT2D eigenvalue weighted by molar-refractivity contribution is -0.120. The summed E-state index contributed by atoms with van der Waals surface area (Å²) in [6, 6.07) is -0.363. The lowest BCUT2D eigenvalue weighted by atomic mass is 10.1. The van der Waals surface area contributed by atoms with Crippen LogP contribution in [0.25, 0.3) is 0 Å². The zero-order valence-corrected chi connectivity index (χ0v) is 10.9. The lowest BCUT2D eigenvalue weighted by Crippen LogP contribution is -2.26. The van der Waals surface area contributed by atoms with Crippen molar-refractivity contribution in [1.82, 2.24) is 15.5 Å². The topological polar surface area (TPSA) is 137 Å². The van der Waals surface area contributed by atoms with Gasteiger partial charge >= 0.3 is 0 Å². The van der Waals surface area contributed by atoms with Gasteiger partial charge in [0, 0.05) is 6.92 Å². The van der Waals surface area contributed by atoms with Crippen molar-refractivity contribution < 1.29 is 14.0 Å². The molecular formula is C11H19N5O3. The second-order valence-corrected chi connectivity index (χ2v) is 4.21. The summed E-state index contributed by atoms with van der Waals surface area (Å²) in [5, 5.41) is 10.3. The number of nitrogens with zero attached hydrogens (tertiary/aromatic N) is 2. The molecule has 0 aromatic carbocycles. The van der Waals surface area contributed by atoms with E-state index in [4.69, 9.17) is 15.9 Å². The summed E-state index contributed by atoms with van der Waals surface area (Å²) >= 11 is 0. The summed E-state index contributed by atoms with van der Waals surface area (Å²) in [4.78, 5) is 21.9. The van der Waals surface area contributed by atoms with Gasteiger partial charge in [-0.1, -0.05) is 0 Å². The molecule has 1 rings (SSSR count). The molecule has 0 spiro atoms. The van der Waals surface area contributed by atoms with Gasteiger partial charge in [0.15, 0.2) is 0 Å². The third-order valence-corrected chi connectivity index (χ3v) is 2.43. The molecule has 106 valence electrons. The minimum atomic E-state index is -0.547. The summed E-state index contributed by atoms with van der Waals surface area (Å²) in [5.41, 5.74) is 10.5. The smallest absolute Gasteiger partial charge is 0.238 e. The molecule has 1 aromatic rings. The number of primary amides is 1. The fourth-order valence-corrected chi connectivity index (χ4v) is 1.62. The number of nitrogens with one attached hydrogen (secondary N) is 1. The van der Waals surface area contributed by atoms with Gasteiger partial charge in [0.25, 0.3) is 0 Å². The standard InChI is InChI=1S/C11H19N5O3/c1-7(17)14-8(4-2-3-5-12)11-16-15-10(19-11)6-9(13)18/h8H,2-6,12H2,1H3,(H2,13,18)(H,14,17)/t8-/m0/s1. The average Bonchev–Trinajstić information content (AvgIpc) is 2.75. The Balaban J connectivity index is 2.69. The maximum absolute atomic E-state index is 11.1. The predicted molar refractivity (Wildman–Crippen MR) is 66.7 cm³/mol. The van der Waals surface area contributed by atoms with Crippen LogP contribution in [0.1, 0.15) is 44.0 Å². The minimum Gasteiger partial charge on any atom is -0.422 e. The van der Waals surface area contributed by atoms with E-state index in [0.29, 0.717) is 13.0 Å². The molecule has 0 fully saturated rings. The van der Waals surface area contributed by atoms with E-state index in [-0.39, 0.29) is 30.2 Å². The van der Waals surface area contributed by atoms with Crippen molar-refractivity contribution in [2.45, 2.75) is 38.6 Å². The minimum absolute atomic E-state index is 0.109. The first-order valence-corrected chi connectivity index (χ1v) is 6.10. The molecule has 0 saturated carbocycles. The van der Waals surface area contributed by atoms with Gasteiger partial charge < -0.3 is 21.2 Å². The monoisotopic (exact) mass is 269 g/mol. The SMILES string of the molecule is CC(=O)N[C@@H](CCCCN)c1nnc(CC(N)=O)o1. The largest absolute Gasteiger partial charge is 0.422 e. The summed E-state index contributed by atoms with van der Waals surface area (Å²) < 4.78 is 5.32. The van der Waals surface area contributed by atoms with Crippen LogP contribution in [0.5, 0.6) is 0 Å². The Morgan fingerprint density at radius 3 is 2.68 bits per heavy atom. The predicted octanol–water partition coefficient (Wildman–Crippen LogP) is -0.596. The average molecular weight is 269 g/mol. The maximum atomic E-state index is 11.1. The van der Waals surface area contributed by atoms with E-state index in [1.807, 2.05) is 0 Å². The molecular weight excluding hydrogens is 250 g/mol. The van der Waals surface area contributed by atoms with Crippen LogP contribution in [0.15, 0.2) is 4.42 Å².